The quantitative estimate of drug-likeness (QED) is 0.809. The number of hydrogen-bond acceptors (Lipinski definition) is 2. The number of nitrogens with two attached hydrogens (primary N) is 1. The number of anilines is 1. The standard InChI is InChI=1S/C13H18N2O2/c1-9-3-4-10-5-6-11(17-2)7-12(10)15(8-9)13(14)16/h5-7,9H,3-4,8H2,1-2H3,(H2,14,16). The average Bonchev–Trinajstić information content (AvgIpc) is 2.48. The van der Waals surface area contributed by atoms with E-state index >= 15 is 0 Å². The van der Waals surface area contributed by atoms with Gasteiger partial charge in [-0.1, -0.05) is 13.0 Å². The van der Waals surface area contributed by atoms with Gasteiger partial charge in [-0.05, 0) is 30.4 Å². The number of benzene rings is 1. The Morgan fingerprint density at radius 2 is 2.29 bits per heavy atom. The van der Waals surface area contributed by atoms with Gasteiger partial charge < -0.3 is 10.5 Å². The fraction of sp³-hybridized carbons (Fsp3) is 0.462. The van der Waals surface area contributed by atoms with E-state index in [-0.39, 0.29) is 0 Å². The fourth-order valence-electron chi connectivity index (χ4n) is 2.25. The average molecular weight is 234 g/mol. The fourth-order valence-corrected chi connectivity index (χ4v) is 2.25. The summed E-state index contributed by atoms with van der Waals surface area (Å²) >= 11 is 0. The van der Waals surface area contributed by atoms with Crippen molar-refractivity contribution in [3.8, 4) is 5.75 Å². The number of aryl methyl sites for hydroxylation is 1. The third-order valence-electron chi connectivity index (χ3n) is 3.25. The number of nitrogens with zero attached hydrogens (tertiary/aromatic N) is 1. The Labute approximate surface area is 101 Å². The number of amides is 2. The topological polar surface area (TPSA) is 55.6 Å². The van der Waals surface area contributed by atoms with Crippen molar-refractivity contribution in [2.45, 2.75) is 19.8 Å². The summed E-state index contributed by atoms with van der Waals surface area (Å²) in [6, 6.07) is 5.43. The smallest absolute Gasteiger partial charge is 0.319 e. The summed E-state index contributed by atoms with van der Waals surface area (Å²) in [5.74, 6) is 1.21. The van der Waals surface area contributed by atoms with E-state index in [1.807, 2.05) is 18.2 Å². The van der Waals surface area contributed by atoms with Crippen LogP contribution in [0.2, 0.25) is 0 Å². The first-order valence-electron chi connectivity index (χ1n) is 5.85. The van der Waals surface area contributed by atoms with Crippen molar-refractivity contribution >= 4 is 11.7 Å². The molecule has 0 spiro atoms. The Morgan fingerprint density at radius 3 is 2.94 bits per heavy atom. The zero-order valence-electron chi connectivity index (χ0n) is 10.3. The summed E-state index contributed by atoms with van der Waals surface area (Å²) in [5, 5.41) is 0. The monoisotopic (exact) mass is 234 g/mol. The van der Waals surface area contributed by atoms with E-state index < -0.39 is 6.03 Å². The first-order chi connectivity index (χ1) is 8.11. The van der Waals surface area contributed by atoms with Crippen LogP contribution in [0.4, 0.5) is 10.5 Å². The Bertz CT molecular complexity index is 431. The van der Waals surface area contributed by atoms with Crippen molar-refractivity contribution in [3.63, 3.8) is 0 Å². The second-order valence-corrected chi connectivity index (χ2v) is 4.59. The van der Waals surface area contributed by atoms with E-state index in [0.717, 1.165) is 29.8 Å². The van der Waals surface area contributed by atoms with E-state index in [4.69, 9.17) is 10.5 Å². The van der Waals surface area contributed by atoms with Crippen LogP contribution in [0.15, 0.2) is 18.2 Å². The van der Waals surface area contributed by atoms with Gasteiger partial charge in [-0.3, -0.25) is 4.90 Å². The van der Waals surface area contributed by atoms with Gasteiger partial charge >= 0.3 is 6.03 Å². The van der Waals surface area contributed by atoms with Crippen molar-refractivity contribution in [3.05, 3.63) is 23.8 Å². The lowest BCUT2D eigenvalue weighted by molar-refractivity contribution is 0.253. The van der Waals surface area contributed by atoms with Crippen LogP contribution in [-0.4, -0.2) is 19.7 Å². The lowest BCUT2D eigenvalue weighted by atomic mass is 10.0. The molecule has 1 aliphatic rings. The van der Waals surface area contributed by atoms with Crippen LogP contribution < -0.4 is 15.4 Å². The predicted octanol–water partition coefficient (Wildman–Crippen LogP) is 2.16. The molecule has 1 aliphatic heterocycles. The van der Waals surface area contributed by atoms with Gasteiger partial charge in [0.25, 0.3) is 0 Å². The first kappa shape index (κ1) is 11.8. The van der Waals surface area contributed by atoms with E-state index in [1.54, 1.807) is 12.0 Å². The highest BCUT2D eigenvalue weighted by molar-refractivity contribution is 5.92. The molecule has 1 aromatic rings. The van der Waals surface area contributed by atoms with Crippen LogP contribution in [0, 0.1) is 5.92 Å². The second-order valence-electron chi connectivity index (χ2n) is 4.59. The highest BCUT2D eigenvalue weighted by Crippen LogP contribution is 2.31. The predicted molar refractivity (Wildman–Crippen MR) is 67.4 cm³/mol. The largest absolute Gasteiger partial charge is 0.497 e. The minimum Gasteiger partial charge on any atom is -0.497 e. The molecular weight excluding hydrogens is 216 g/mol. The molecule has 92 valence electrons. The molecule has 2 N–H and O–H groups in total. The Balaban J connectivity index is 2.45. The summed E-state index contributed by atoms with van der Waals surface area (Å²) in [6.07, 6.45) is 2.05. The highest BCUT2D eigenvalue weighted by atomic mass is 16.5. The van der Waals surface area contributed by atoms with Crippen molar-refractivity contribution in [1.82, 2.24) is 0 Å². The van der Waals surface area contributed by atoms with Crippen molar-refractivity contribution in [2.75, 3.05) is 18.6 Å². The SMILES string of the molecule is COc1ccc2c(c1)N(C(N)=O)CC(C)CC2. The molecule has 0 saturated heterocycles. The summed E-state index contributed by atoms with van der Waals surface area (Å²) in [7, 11) is 1.62. The molecular formula is C13H18N2O2. The third-order valence-corrected chi connectivity index (χ3v) is 3.25. The number of rotatable bonds is 1. The number of carbonyl (C=O) groups excluding carboxylic acids is 1. The molecule has 0 aromatic heterocycles. The highest BCUT2D eigenvalue weighted by Gasteiger charge is 2.23. The minimum atomic E-state index is -0.395. The molecule has 1 atom stereocenters. The van der Waals surface area contributed by atoms with Crippen LogP contribution in [0.3, 0.4) is 0 Å². The molecule has 2 amide bonds. The molecule has 0 fully saturated rings. The van der Waals surface area contributed by atoms with Crippen molar-refractivity contribution in [2.24, 2.45) is 11.7 Å². The van der Waals surface area contributed by atoms with Crippen LogP contribution in [0.25, 0.3) is 0 Å². The number of hydrogen-bond donors (Lipinski definition) is 1. The molecule has 1 unspecified atom stereocenters. The van der Waals surface area contributed by atoms with Crippen molar-refractivity contribution < 1.29 is 9.53 Å². The van der Waals surface area contributed by atoms with Gasteiger partial charge in [0.1, 0.15) is 5.75 Å². The van der Waals surface area contributed by atoms with E-state index in [2.05, 4.69) is 6.92 Å². The lowest BCUT2D eigenvalue weighted by Gasteiger charge is -2.22. The second kappa shape index (κ2) is 4.65. The van der Waals surface area contributed by atoms with Gasteiger partial charge in [-0.25, -0.2) is 4.79 Å². The number of carbonyl (C=O) groups is 1. The summed E-state index contributed by atoms with van der Waals surface area (Å²) in [6.45, 7) is 2.81. The molecule has 1 heterocycles. The Kier molecular flexibility index (Phi) is 3.22. The lowest BCUT2D eigenvalue weighted by Crippen LogP contribution is -2.38. The number of ether oxygens (including phenoxy) is 1. The van der Waals surface area contributed by atoms with E-state index in [9.17, 15) is 4.79 Å². The van der Waals surface area contributed by atoms with Crippen LogP contribution in [0.1, 0.15) is 18.9 Å². The number of methoxy groups -OCH3 is 1. The molecule has 0 saturated carbocycles. The maximum absolute atomic E-state index is 11.5. The molecule has 17 heavy (non-hydrogen) atoms. The van der Waals surface area contributed by atoms with E-state index in [1.165, 1.54) is 0 Å². The molecule has 0 radical (unpaired) electrons. The van der Waals surface area contributed by atoms with Gasteiger partial charge in [0.05, 0.1) is 12.8 Å². The molecule has 4 nitrogen and oxygen atoms in total. The van der Waals surface area contributed by atoms with Crippen molar-refractivity contribution in [1.29, 1.82) is 0 Å². The Morgan fingerprint density at radius 1 is 1.53 bits per heavy atom. The van der Waals surface area contributed by atoms with Gasteiger partial charge in [0, 0.05) is 12.6 Å². The summed E-state index contributed by atoms with van der Waals surface area (Å²) in [5.41, 5.74) is 7.50. The van der Waals surface area contributed by atoms with Gasteiger partial charge in [-0.2, -0.15) is 0 Å². The Hall–Kier alpha value is -1.71. The molecule has 0 aliphatic carbocycles. The van der Waals surface area contributed by atoms with Gasteiger partial charge in [-0.15, -0.1) is 0 Å². The maximum atomic E-state index is 11.5. The van der Waals surface area contributed by atoms with Gasteiger partial charge in [0.2, 0.25) is 0 Å². The minimum absolute atomic E-state index is 0.395. The summed E-state index contributed by atoms with van der Waals surface area (Å²) in [4.78, 5) is 13.2. The summed E-state index contributed by atoms with van der Waals surface area (Å²) < 4.78 is 5.20. The molecule has 1 aromatic carbocycles. The van der Waals surface area contributed by atoms with Crippen LogP contribution in [-0.2, 0) is 6.42 Å². The third kappa shape index (κ3) is 2.35. The zero-order chi connectivity index (χ0) is 12.4. The number of primary amides is 1. The normalized spacial score (nSPS) is 19.4. The first-order valence-corrected chi connectivity index (χ1v) is 5.85. The van der Waals surface area contributed by atoms with Crippen LogP contribution >= 0.6 is 0 Å². The zero-order valence-corrected chi connectivity index (χ0v) is 10.3. The maximum Gasteiger partial charge on any atom is 0.319 e. The molecule has 4 heteroatoms. The van der Waals surface area contributed by atoms with E-state index in [0.29, 0.717) is 12.5 Å². The molecule has 0 bridgehead atoms. The van der Waals surface area contributed by atoms with Gasteiger partial charge in [0.15, 0.2) is 0 Å². The molecule has 2 rings (SSSR count). The number of urea groups is 1. The number of fused-ring (bicyclic) bond motifs is 1. The van der Waals surface area contributed by atoms with Crippen LogP contribution in [0.5, 0.6) is 5.75 Å².